The van der Waals surface area contributed by atoms with Crippen molar-refractivity contribution in [3.63, 3.8) is 0 Å². The smallest absolute Gasteiger partial charge is 0.351 e. The molecule has 1 amide bonds. The lowest BCUT2D eigenvalue weighted by Crippen LogP contribution is -2.61. The molecule has 1 fully saturated rings. The Morgan fingerprint density at radius 2 is 2.16 bits per heavy atom. The Morgan fingerprint density at radius 3 is 2.94 bits per heavy atom. The van der Waals surface area contributed by atoms with Crippen LogP contribution in [0, 0.1) is 11.8 Å². The van der Waals surface area contributed by atoms with E-state index >= 15 is 0 Å². The van der Waals surface area contributed by atoms with Gasteiger partial charge in [-0.2, -0.15) is 0 Å². The highest BCUT2D eigenvalue weighted by molar-refractivity contribution is 5.97. The number of pyridine rings is 1. The molecule has 0 radical (unpaired) electrons. The Bertz CT molecular complexity index is 1140. The van der Waals surface area contributed by atoms with Gasteiger partial charge >= 0.3 is 11.9 Å². The van der Waals surface area contributed by atoms with Crippen molar-refractivity contribution in [2.75, 3.05) is 20.2 Å². The van der Waals surface area contributed by atoms with Gasteiger partial charge in [0.05, 0.1) is 35.9 Å². The Labute approximate surface area is 179 Å². The van der Waals surface area contributed by atoms with Gasteiger partial charge in [-0.3, -0.25) is 9.59 Å². The van der Waals surface area contributed by atoms with E-state index in [9.17, 15) is 14.4 Å². The summed E-state index contributed by atoms with van der Waals surface area (Å²) in [5.74, 6) is -2.53. The molecule has 0 aliphatic carbocycles. The lowest BCUT2D eigenvalue weighted by molar-refractivity contribution is -0.204. The monoisotopic (exact) mass is 421 g/mol. The minimum absolute atomic E-state index is 0.0281. The minimum atomic E-state index is -1.54. The molecule has 4 heterocycles. The summed E-state index contributed by atoms with van der Waals surface area (Å²) >= 11 is 0. The Morgan fingerprint density at radius 1 is 1.35 bits per heavy atom. The quantitative estimate of drug-likeness (QED) is 0.750. The van der Waals surface area contributed by atoms with Crippen LogP contribution in [0.2, 0.25) is 0 Å². The van der Waals surface area contributed by atoms with Gasteiger partial charge in [0.25, 0.3) is 0 Å². The van der Waals surface area contributed by atoms with Crippen molar-refractivity contribution in [2.24, 2.45) is 11.8 Å². The molecular weight excluding hydrogens is 398 g/mol. The van der Waals surface area contributed by atoms with E-state index in [4.69, 9.17) is 14.5 Å². The molecule has 1 aromatic carbocycles. The number of rotatable bonds is 4. The molecule has 2 aromatic rings. The number of fused-ring (bicyclic) bond motifs is 5. The second-order valence-corrected chi connectivity index (χ2v) is 8.14. The summed E-state index contributed by atoms with van der Waals surface area (Å²) in [7, 11) is 1.62. The van der Waals surface area contributed by atoms with E-state index in [0.717, 1.165) is 22.2 Å². The number of cyclic esters (lactones) is 1. The number of amides is 1. The predicted molar refractivity (Wildman–Crippen MR) is 111 cm³/mol. The van der Waals surface area contributed by atoms with Gasteiger partial charge in [0.15, 0.2) is 0 Å². The second kappa shape index (κ2) is 7.16. The standard InChI is InChI=1S/C23H23N3O5/c1-3-23(31-19(27)10-24-2)16-9-18-20-14(8-13-6-4-5-7-17(13)25-20)11-26(18)21(28)15(16)12-30-22(23)29/h4-9,15-16,24H,3,10-12H2,1-2H3. The van der Waals surface area contributed by atoms with Gasteiger partial charge in [0.2, 0.25) is 11.5 Å². The Kier molecular flexibility index (Phi) is 4.55. The molecule has 8 heteroatoms. The van der Waals surface area contributed by atoms with Crippen LogP contribution >= 0.6 is 0 Å². The van der Waals surface area contributed by atoms with E-state index in [1.807, 2.05) is 30.3 Å². The average Bonchev–Trinajstić information content (AvgIpc) is 3.12. The van der Waals surface area contributed by atoms with E-state index in [1.165, 1.54) is 0 Å². The number of carbonyl (C=O) groups excluding carboxylic acids is 3. The van der Waals surface area contributed by atoms with Crippen molar-refractivity contribution in [1.29, 1.82) is 0 Å². The molecule has 3 aliphatic heterocycles. The zero-order valence-corrected chi connectivity index (χ0v) is 17.4. The average molecular weight is 421 g/mol. The molecule has 3 atom stereocenters. The predicted octanol–water partition coefficient (Wildman–Crippen LogP) is 1.63. The number of esters is 2. The van der Waals surface area contributed by atoms with Gasteiger partial charge in [0.1, 0.15) is 6.61 Å². The van der Waals surface area contributed by atoms with Crippen molar-refractivity contribution < 1.29 is 23.9 Å². The van der Waals surface area contributed by atoms with Gasteiger partial charge in [0, 0.05) is 16.9 Å². The van der Waals surface area contributed by atoms with Crippen LogP contribution in [0.1, 0.15) is 24.6 Å². The fourth-order valence-corrected chi connectivity index (χ4v) is 4.89. The molecule has 160 valence electrons. The summed E-state index contributed by atoms with van der Waals surface area (Å²) in [5, 5.41) is 3.74. The first kappa shape index (κ1) is 19.7. The molecule has 1 saturated heterocycles. The molecule has 1 aromatic heterocycles. The van der Waals surface area contributed by atoms with Crippen molar-refractivity contribution in [1.82, 2.24) is 15.2 Å². The van der Waals surface area contributed by atoms with Crippen LogP contribution in [-0.4, -0.2) is 53.5 Å². The lowest BCUT2D eigenvalue weighted by Gasteiger charge is -2.46. The van der Waals surface area contributed by atoms with E-state index in [1.54, 1.807) is 18.9 Å². The van der Waals surface area contributed by atoms with Crippen molar-refractivity contribution in [3.05, 3.63) is 47.7 Å². The fourth-order valence-electron chi connectivity index (χ4n) is 4.89. The van der Waals surface area contributed by atoms with Gasteiger partial charge in [-0.1, -0.05) is 25.1 Å². The third-order valence-electron chi connectivity index (χ3n) is 6.44. The number of hydrogen-bond acceptors (Lipinski definition) is 7. The minimum Gasteiger partial charge on any atom is -0.462 e. The van der Waals surface area contributed by atoms with Gasteiger partial charge in [-0.05, 0) is 31.7 Å². The van der Waals surface area contributed by atoms with Crippen LogP contribution in [0.4, 0.5) is 0 Å². The number of nitrogens with one attached hydrogen (secondary N) is 1. The number of benzene rings is 1. The molecule has 3 aliphatic rings. The summed E-state index contributed by atoms with van der Waals surface area (Å²) in [5.41, 5.74) is 1.66. The zero-order chi connectivity index (χ0) is 21.8. The highest BCUT2D eigenvalue weighted by Crippen LogP contribution is 2.47. The van der Waals surface area contributed by atoms with E-state index < -0.39 is 29.4 Å². The number of likely N-dealkylation sites (N-methyl/N-ethyl adjacent to an activating group) is 1. The summed E-state index contributed by atoms with van der Waals surface area (Å²) < 4.78 is 11.1. The Hall–Kier alpha value is -3.26. The van der Waals surface area contributed by atoms with Crippen molar-refractivity contribution in [2.45, 2.75) is 25.5 Å². The van der Waals surface area contributed by atoms with E-state index in [-0.39, 0.29) is 25.5 Å². The SMILES string of the molecule is CCC1(OC(=O)CNC)C(=O)OCC2C(=O)N3Cc4cc5ccccc5nc4C3=CC21. The summed E-state index contributed by atoms with van der Waals surface area (Å²) in [6.45, 7) is 2.12. The lowest BCUT2D eigenvalue weighted by atomic mass is 9.72. The number of hydrogen-bond donors (Lipinski definition) is 1. The summed E-state index contributed by atoms with van der Waals surface area (Å²) in [6, 6.07) is 9.85. The molecule has 0 spiro atoms. The normalized spacial score (nSPS) is 26.6. The van der Waals surface area contributed by atoms with E-state index in [2.05, 4.69) is 11.4 Å². The van der Waals surface area contributed by atoms with Gasteiger partial charge in [-0.15, -0.1) is 0 Å². The fraction of sp³-hybridized carbons (Fsp3) is 0.391. The van der Waals surface area contributed by atoms with Crippen LogP contribution in [-0.2, 0) is 30.4 Å². The third-order valence-corrected chi connectivity index (χ3v) is 6.44. The summed E-state index contributed by atoms with van der Waals surface area (Å²) in [4.78, 5) is 45.1. The highest BCUT2D eigenvalue weighted by atomic mass is 16.6. The first-order valence-electron chi connectivity index (χ1n) is 10.4. The summed E-state index contributed by atoms with van der Waals surface area (Å²) in [6.07, 6.45) is 2.09. The maximum Gasteiger partial charge on any atom is 0.351 e. The molecule has 0 saturated carbocycles. The molecule has 0 bridgehead atoms. The maximum atomic E-state index is 13.4. The van der Waals surface area contributed by atoms with Crippen molar-refractivity contribution >= 4 is 34.4 Å². The van der Waals surface area contributed by atoms with Crippen LogP contribution in [0.3, 0.4) is 0 Å². The first-order valence-corrected chi connectivity index (χ1v) is 10.4. The number of nitrogens with zero attached hydrogens (tertiary/aromatic N) is 2. The molecule has 3 unspecified atom stereocenters. The van der Waals surface area contributed by atoms with Gasteiger partial charge in [-0.25, -0.2) is 9.78 Å². The van der Waals surface area contributed by atoms with Crippen LogP contribution in [0.25, 0.3) is 16.6 Å². The number of para-hydroxylation sites is 1. The molecule has 8 nitrogen and oxygen atoms in total. The topological polar surface area (TPSA) is 97.8 Å². The zero-order valence-electron chi connectivity index (χ0n) is 17.4. The number of carbonyl (C=O) groups is 3. The van der Waals surface area contributed by atoms with Crippen LogP contribution in [0.5, 0.6) is 0 Å². The maximum absolute atomic E-state index is 13.4. The molecule has 1 N–H and O–H groups in total. The second-order valence-electron chi connectivity index (χ2n) is 8.14. The Balaban J connectivity index is 1.63. The van der Waals surface area contributed by atoms with Crippen LogP contribution in [0.15, 0.2) is 36.4 Å². The van der Waals surface area contributed by atoms with E-state index in [0.29, 0.717) is 12.2 Å². The number of ether oxygens (including phenoxy) is 2. The largest absolute Gasteiger partial charge is 0.462 e. The molecule has 5 rings (SSSR count). The van der Waals surface area contributed by atoms with Gasteiger partial charge < -0.3 is 19.7 Å². The molecular formula is C23H23N3O5. The van der Waals surface area contributed by atoms with Crippen LogP contribution < -0.4 is 5.32 Å². The number of aromatic nitrogens is 1. The van der Waals surface area contributed by atoms with Crippen molar-refractivity contribution in [3.8, 4) is 0 Å². The highest BCUT2D eigenvalue weighted by Gasteiger charge is 2.59. The molecule has 31 heavy (non-hydrogen) atoms. The first-order chi connectivity index (χ1) is 15.0. The third kappa shape index (κ3) is 2.85.